The lowest BCUT2D eigenvalue weighted by Gasteiger charge is -2.43. The van der Waals surface area contributed by atoms with E-state index in [1.807, 2.05) is 19.2 Å². The number of pyridine rings is 1. The van der Waals surface area contributed by atoms with Crippen molar-refractivity contribution in [1.29, 1.82) is 5.26 Å². The van der Waals surface area contributed by atoms with Crippen molar-refractivity contribution in [3.63, 3.8) is 0 Å². The number of hydrogen-bond acceptors (Lipinski definition) is 6. The molecule has 132 valence electrons. The Morgan fingerprint density at radius 3 is 2.72 bits per heavy atom. The summed E-state index contributed by atoms with van der Waals surface area (Å²) in [6, 6.07) is 5.82. The van der Waals surface area contributed by atoms with Gasteiger partial charge in [0, 0.05) is 25.4 Å². The first-order chi connectivity index (χ1) is 12.1. The van der Waals surface area contributed by atoms with E-state index in [1.165, 1.54) is 0 Å². The van der Waals surface area contributed by atoms with Gasteiger partial charge in [-0.25, -0.2) is 4.98 Å². The molecule has 1 aromatic rings. The zero-order chi connectivity index (χ0) is 17.9. The van der Waals surface area contributed by atoms with E-state index in [4.69, 9.17) is 21.1 Å². The Bertz CT molecular complexity index is 718. The largest absolute Gasteiger partial charge is 0.489 e. The number of piperidine rings is 1. The van der Waals surface area contributed by atoms with Crippen LogP contribution in [0.5, 0.6) is 11.6 Å². The van der Waals surface area contributed by atoms with Crippen LogP contribution in [-0.4, -0.2) is 54.5 Å². The van der Waals surface area contributed by atoms with Gasteiger partial charge in [-0.2, -0.15) is 5.26 Å². The topological polar surface area (TPSA) is 70.7 Å². The van der Waals surface area contributed by atoms with Crippen molar-refractivity contribution in [3.05, 3.63) is 28.9 Å². The van der Waals surface area contributed by atoms with E-state index >= 15 is 0 Å². The van der Waals surface area contributed by atoms with Gasteiger partial charge in [-0.05, 0) is 25.8 Å². The number of nitriles is 1. The highest BCUT2D eigenvalue weighted by molar-refractivity contribution is 6.33. The van der Waals surface area contributed by atoms with Crippen molar-refractivity contribution < 1.29 is 9.47 Å². The molecule has 1 unspecified atom stereocenters. The van der Waals surface area contributed by atoms with Crippen molar-refractivity contribution in [2.75, 3.05) is 26.7 Å². The van der Waals surface area contributed by atoms with Crippen LogP contribution in [0.4, 0.5) is 0 Å². The molecule has 2 aliphatic rings. The second-order valence-electron chi connectivity index (χ2n) is 6.36. The predicted molar refractivity (Wildman–Crippen MR) is 96.3 cm³/mol. The number of likely N-dealkylation sites (tertiary alicyclic amines) is 1. The summed E-state index contributed by atoms with van der Waals surface area (Å²) in [5, 5.41) is 9.80. The molecule has 25 heavy (non-hydrogen) atoms. The van der Waals surface area contributed by atoms with Gasteiger partial charge >= 0.3 is 0 Å². The lowest BCUT2D eigenvalue weighted by Crippen LogP contribution is -2.54. The van der Waals surface area contributed by atoms with Crippen molar-refractivity contribution >= 4 is 17.8 Å². The van der Waals surface area contributed by atoms with E-state index in [0.29, 0.717) is 23.0 Å². The smallest absolute Gasteiger partial charge is 0.213 e. The monoisotopic (exact) mass is 360 g/mol. The fourth-order valence-electron chi connectivity index (χ4n) is 3.24. The maximum Gasteiger partial charge on any atom is 0.213 e. The van der Waals surface area contributed by atoms with E-state index in [-0.39, 0.29) is 6.10 Å². The number of methoxy groups -OCH3 is 1. The fraction of sp³-hybridized carbons (Fsp3) is 0.500. The zero-order valence-electron chi connectivity index (χ0n) is 14.4. The van der Waals surface area contributed by atoms with Crippen molar-refractivity contribution in [1.82, 2.24) is 9.88 Å². The molecular weight excluding hydrogens is 340 g/mol. The van der Waals surface area contributed by atoms with Gasteiger partial charge in [-0.1, -0.05) is 11.6 Å². The standard InChI is InChI=1S/C18H21ClN4O2/c1-18(12-21-10-13(9-20)17(18)19)23-7-5-14(6-8-23)25-15-3-4-16(24-2)22-11-15/h3-4,11-12,14H,5-8,10H2,1-2H3. The highest BCUT2D eigenvalue weighted by atomic mass is 35.5. The van der Waals surface area contributed by atoms with Gasteiger partial charge in [0.1, 0.15) is 11.9 Å². The maximum atomic E-state index is 9.22. The van der Waals surface area contributed by atoms with Crippen molar-refractivity contribution in [2.45, 2.75) is 31.4 Å². The Labute approximate surface area is 152 Å². The molecule has 0 saturated carbocycles. The summed E-state index contributed by atoms with van der Waals surface area (Å²) in [7, 11) is 1.59. The molecule has 7 heteroatoms. The van der Waals surface area contributed by atoms with E-state index in [2.05, 4.69) is 20.9 Å². The Morgan fingerprint density at radius 1 is 1.36 bits per heavy atom. The fourth-order valence-corrected chi connectivity index (χ4v) is 3.51. The van der Waals surface area contributed by atoms with Crippen LogP contribution in [0.3, 0.4) is 0 Å². The number of aliphatic imine (C=N–C) groups is 1. The van der Waals surface area contributed by atoms with Crippen LogP contribution < -0.4 is 9.47 Å². The average Bonchev–Trinajstić information content (AvgIpc) is 2.65. The minimum absolute atomic E-state index is 0.133. The Balaban J connectivity index is 1.61. The molecule has 0 N–H and O–H groups in total. The SMILES string of the molecule is COc1ccc(OC2CCN(C3(C)C=NCC(C#N)=C3Cl)CC2)cn1. The van der Waals surface area contributed by atoms with E-state index in [9.17, 15) is 5.26 Å². The first kappa shape index (κ1) is 17.7. The molecule has 0 amide bonds. The third-order valence-corrected chi connectivity index (χ3v) is 5.37. The minimum atomic E-state index is -0.502. The first-order valence-corrected chi connectivity index (χ1v) is 8.66. The van der Waals surface area contributed by atoms with Gasteiger partial charge in [0.15, 0.2) is 0 Å². The van der Waals surface area contributed by atoms with Crippen LogP contribution in [-0.2, 0) is 0 Å². The summed E-state index contributed by atoms with van der Waals surface area (Å²) < 4.78 is 11.1. The molecule has 3 rings (SSSR count). The molecule has 1 fully saturated rings. The van der Waals surface area contributed by atoms with Crippen molar-refractivity contribution in [2.24, 2.45) is 4.99 Å². The van der Waals surface area contributed by atoms with E-state index in [1.54, 1.807) is 19.4 Å². The highest BCUT2D eigenvalue weighted by Gasteiger charge is 2.39. The normalized spacial score (nSPS) is 24.9. The molecule has 1 atom stereocenters. The Hall–Kier alpha value is -2.10. The molecule has 2 aliphatic heterocycles. The molecule has 0 radical (unpaired) electrons. The summed E-state index contributed by atoms with van der Waals surface area (Å²) in [5.74, 6) is 1.32. The number of dihydropyridines is 1. The van der Waals surface area contributed by atoms with Gasteiger partial charge in [-0.3, -0.25) is 9.89 Å². The summed E-state index contributed by atoms with van der Waals surface area (Å²) in [6.45, 7) is 4.04. The van der Waals surface area contributed by atoms with Gasteiger partial charge < -0.3 is 9.47 Å². The second-order valence-corrected chi connectivity index (χ2v) is 6.74. The van der Waals surface area contributed by atoms with Crippen LogP contribution in [0.1, 0.15) is 19.8 Å². The third-order valence-electron chi connectivity index (χ3n) is 4.76. The first-order valence-electron chi connectivity index (χ1n) is 8.29. The van der Waals surface area contributed by atoms with Crippen LogP contribution in [0.25, 0.3) is 0 Å². The number of ether oxygens (including phenoxy) is 2. The molecule has 0 spiro atoms. The number of halogens is 1. The van der Waals surface area contributed by atoms with Crippen LogP contribution in [0.2, 0.25) is 0 Å². The molecule has 0 aliphatic carbocycles. The molecular formula is C18H21ClN4O2. The predicted octanol–water partition coefficient (Wildman–Crippen LogP) is 2.79. The van der Waals surface area contributed by atoms with Gasteiger partial charge in [-0.15, -0.1) is 0 Å². The Kier molecular flexibility index (Phi) is 5.26. The second kappa shape index (κ2) is 7.42. The van der Waals surface area contributed by atoms with E-state index in [0.717, 1.165) is 31.7 Å². The molecule has 0 aromatic carbocycles. The number of rotatable bonds is 4. The zero-order valence-corrected chi connectivity index (χ0v) is 15.2. The molecule has 1 aromatic heterocycles. The maximum absolute atomic E-state index is 9.22. The molecule has 6 nitrogen and oxygen atoms in total. The number of nitrogens with zero attached hydrogens (tertiary/aromatic N) is 4. The third kappa shape index (κ3) is 3.63. The lowest BCUT2D eigenvalue weighted by atomic mass is 9.92. The highest BCUT2D eigenvalue weighted by Crippen LogP contribution is 2.34. The summed E-state index contributed by atoms with van der Waals surface area (Å²) >= 11 is 6.49. The van der Waals surface area contributed by atoms with Crippen LogP contribution in [0.15, 0.2) is 33.9 Å². The molecule has 3 heterocycles. The van der Waals surface area contributed by atoms with Gasteiger partial charge in [0.2, 0.25) is 5.88 Å². The number of hydrogen-bond donors (Lipinski definition) is 0. The van der Waals surface area contributed by atoms with Gasteiger partial charge in [0.25, 0.3) is 0 Å². The molecule has 0 bridgehead atoms. The Morgan fingerprint density at radius 2 is 2.12 bits per heavy atom. The summed E-state index contributed by atoms with van der Waals surface area (Å²) in [5.41, 5.74) is 0.0478. The number of aromatic nitrogens is 1. The molecule has 1 saturated heterocycles. The van der Waals surface area contributed by atoms with Gasteiger partial charge in [0.05, 0.1) is 42.1 Å². The summed E-state index contributed by atoms with van der Waals surface area (Å²) in [4.78, 5) is 10.8. The lowest BCUT2D eigenvalue weighted by molar-refractivity contribution is 0.0752. The quantitative estimate of drug-likeness (QED) is 0.825. The summed E-state index contributed by atoms with van der Waals surface area (Å²) in [6.07, 6.45) is 5.43. The average molecular weight is 361 g/mol. The van der Waals surface area contributed by atoms with Crippen LogP contribution in [0, 0.1) is 11.3 Å². The minimum Gasteiger partial charge on any atom is -0.489 e. The van der Waals surface area contributed by atoms with Crippen molar-refractivity contribution in [3.8, 4) is 17.7 Å². The van der Waals surface area contributed by atoms with E-state index < -0.39 is 5.54 Å². The van der Waals surface area contributed by atoms with Crippen LogP contribution >= 0.6 is 11.6 Å².